The number of aryl methyl sites for hydroxylation is 1. The van der Waals surface area contributed by atoms with Gasteiger partial charge in [0.15, 0.2) is 11.5 Å². The van der Waals surface area contributed by atoms with Crippen LogP contribution in [-0.2, 0) is 19.7 Å². The number of aromatic hydroxyl groups is 1. The third-order valence-electron chi connectivity index (χ3n) is 5.35. The number of amides is 4. The quantitative estimate of drug-likeness (QED) is 0.169. The second-order valence-corrected chi connectivity index (χ2v) is 10.8. The zero-order chi connectivity index (χ0) is 27.6. The molecule has 0 atom stereocenters. The number of nitrogens with zero attached hydrogens (tertiary/aromatic N) is 1. The molecule has 1 heterocycles. The molecule has 4 rings (SSSR count). The first-order valence-corrected chi connectivity index (χ1v) is 13.7. The predicted molar refractivity (Wildman–Crippen MR) is 146 cm³/mol. The number of anilines is 1. The lowest BCUT2D eigenvalue weighted by atomic mass is 10.1. The Labute approximate surface area is 232 Å². The van der Waals surface area contributed by atoms with E-state index < -0.39 is 28.0 Å². The van der Waals surface area contributed by atoms with Crippen molar-refractivity contribution in [3.8, 4) is 17.2 Å². The van der Waals surface area contributed by atoms with Crippen molar-refractivity contribution in [2.75, 3.05) is 11.5 Å². The smallest absolute Gasteiger partial charge is 0.339 e. The van der Waals surface area contributed by atoms with Gasteiger partial charge in [-0.1, -0.05) is 17.7 Å². The number of hydrogen-bond acceptors (Lipinski definition) is 8. The molecule has 3 aromatic carbocycles. The molecule has 3 aromatic rings. The molecule has 0 bridgehead atoms. The highest BCUT2D eigenvalue weighted by molar-refractivity contribution is 14.1. The van der Waals surface area contributed by atoms with Gasteiger partial charge < -0.3 is 14.0 Å². The number of hydrogen-bond donors (Lipinski definition) is 2. The van der Waals surface area contributed by atoms with Crippen LogP contribution in [0.2, 0.25) is 0 Å². The number of phenols is 1. The molecule has 10 nitrogen and oxygen atoms in total. The van der Waals surface area contributed by atoms with Crippen molar-refractivity contribution < 1.29 is 36.8 Å². The van der Waals surface area contributed by atoms with Crippen molar-refractivity contribution >= 4 is 62.3 Å². The minimum Gasteiger partial charge on any atom is -0.508 e. The van der Waals surface area contributed by atoms with Crippen LogP contribution < -0.4 is 19.1 Å². The van der Waals surface area contributed by atoms with Crippen LogP contribution in [0.3, 0.4) is 0 Å². The first kappa shape index (κ1) is 27.1. The number of barbiturate groups is 1. The summed E-state index contributed by atoms with van der Waals surface area (Å²) in [5, 5.41) is 11.6. The average molecular weight is 648 g/mol. The Morgan fingerprint density at radius 1 is 1.03 bits per heavy atom. The topological polar surface area (TPSA) is 139 Å². The summed E-state index contributed by atoms with van der Waals surface area (Å²) in [4.78, 5) is 38.8. The van der Waals surface area contributed by atoms with Gasteiger partial charge in [0.1, 0.15) is 16.2 Å². The Morgan fingerprint density at radius 2 is 1.68 bits per heavy atom. The van der Waals surface area contributed by atoms with Gasteiger partial charge in [-0.2, -0.15) is 8.42 Å². The van der Waals surface area contributed by atoms with E-state index in [9.17, 15) is 27.9 Å². The first-order chi connectivity index (χ1) is 18.0. The largest absolute Gasteiger partial charge is 0.508 e. The molecule has 0 saturated carbocycles. The minimum absolute atomic E-state index is 0.0315. The molecule has 1 saturated heterocycles. The summed E-state index contributed by atoms with van der Waals surface area (Å²) >= 11 is 1.87. The number of rotatable bonds is 7. The Bertz CT molecular complexity index is 1570. The van der Waals surface area contributed by atoms with Crippen LogP contribution in [0.1, 0.15) is 18.1 Å². The highest BCUT2D eigenvalue weighted by atomic mass is 127. The fourth-order valence-corrected chi connectivity index (χ4v) is 5.38. The Hall–Kier alpha value is -3.91. The zero-order valence-corrected chi connectivity index (χ0v) is 23.1. The van der Waals surface area contributed by atoms with Crippen molar-refractivity contribution in [1.82, 2.24) is 5.32 Å². The van der Waals surface area contributed by atoms with Crippen molar-refractivity contribution in [2.24, 2.45) is 0 Å². The molecule has 0 unspecified atom stereocenters. The first-order valence-electron chi connectivity index (χ1n) is 11.2. The Morgan fingerprint density at radius 3 is 2.32 bits per heavy atom. The lowest BCUT2D eigenvalue weighted by Crippen LogP contribution is -2.54. The number of halogens is 1. The number of benzene rings is 3. The second kappa shape index (κ2) is 10.8. The predicted octanol–water partition coefficient (Wildman–Crippen LogP) is 4.14. The van der Waals surface area contributed by atoms with Crippen molar-refractivity contribution in [3.63, 3.8) is 0 Å². The molecule has 196 valence electrons. The van der Waals surface area contributed by atoms with Gasteiger partial charge in [-0.05, 0) is 96.6 Å². The average Bonchev–Trinajstić information content (AvgIpc) is 2.85. The third-order valence-corrected chi connectivity index (χ3v) is 7.39. The summed E-state index contributed by atoms with van der Waals surface area (Å²) in [5.74, 6) is -1.80. The lowest BCUT2D eigenvalue weighted by molar-refractivity contribution is -0.122. The molecule has 1 aliphatic heterocycles. The highest BCUT2D eigenvalue weighted by Gasteiger charge is 2.37. The Kier molecular flexibility index (Phi) is 7.73. The van der Waals surface area contributed by atoms with Crippen LogP contribution in [-0.4, -0.2) is 38.0 Å². The molecule has 4 amide bonds. The molecular formula is C26H21IN2O8S. The summed E-state index contributed by atoms with van der Waals surface area (Å²) in [7, 11) is -4.18. The molecule has 0 radical (unpaired) electrons. The summed E-state index contributed by atoms with van der Waals surface area (Å²) < 4.78 is 37.2. The van der Waals surface area contributed by atoms with Gasteiger partial charge in [0.05, 0.1) is 15.9 Å². The van der Waals surface area contributed by atoms with E-state index in [1.165, 1.54) is 54.6 Å². The molecule has 2 N–H and O–H groups in total. The van der Waals surface area contributed by atoms with E-state index in [0.29, 0.717) is 9.13 Å². The molecule has 1 fully saturated rings. The van der Waals surface area contributed by atoms with Crippen molar-refractivity contribution in [3.05, 3.63) is 80.9 Å². The monoisotopic (exact) mass is 648 g/mol. The van der Waals surface area contributed by atoms with Gasteiger partial charge in [0.2, 0.25) is 0 Å². The molecule has 0 spiro atoms. The van der Waals surface area contributed by atoms with Gasteiger partial charge in [-0.15, -0.1) is 0 Å². The second-order valence-electron chi connectivity index (χ2n) is 8.09. The number of nitrogens with one attached hydrogen (secondary N) is 1. The maximum Gasteiger partial charge on any atom is 0.339 e. The number of imide groups is 2. The molecular weight excluding hydrogens is 627 g/mol. The van der Waals surface area contributed by atoms with Crippen LogP contribution in [0.15, 0.2) is 71.1 Å². The molecule has 0 aromatic heterocycles. The fourth-order valence-electron chi connectivity index (χ4n) is 3.54. The van der Waals surface area contributed by atoms with Crippen LogP contribution in [0.4, 0.5) is 10.5 Å². The van der Waals surface area contributed by atoms with Crippen LogP contribution in [0.5, 0.6) is 17.2 Å². The summed E-state index contributed by atoms with van der Waals surface area (Å²) in [6.07, 6.45) is 1.26. The normalized spacial score (nSPS) is 15.0. The van der Waals surface area contributed by atoms with Gasteiger partial charge in [-0.25, -0.2) is 9.69 Å². The maximum absolute atomic E-state index is 13.1. The van der Waals surface area contributed by atoms with Crippen LogP contribution >= 0.6 is 22.6 Å². The van der Waals surface area contributed by atoms with Crippen molar-refractivity contribution in [1.29, 1.82) is 0 Å². The third kappa shape index (κ3) is 5.65. The minimum atomic E-state index is -4.18. The van der Waals surface area contributed by atoms with Gasteiger partial charge >= 0.3 is 16.1 Å². The van der Waals surface area contributed by atoms with Crippen LogP contribution in [0.25, 0.3) is 6.08 Å². The van der Waals surface area contributed by atoms with E-state index in [0.717, 1.165) is 10.5 Å². The molecule has 38 heavy (non-hydrogen) atoms. The van der Waals surface area contributed by atoms with E-state index in [1.807, 2.05) is 29.5 Å². The summed E-state index contributed by atoms with van der Waals surface area (Å²) in [6, 6.07) is 13.5. The van der Waals surface area contributed by atoms with E-state index >= 15 is 0 Å². The number of phenolic OH excluding ortho intramolecular Hbond substituents is 1. The maximum atomic E-state index is 13.1. The van der Waals surface area contributed by atoms with E-state index in [-0.39, 0.29) is 40.0 Å². The van der Waals surface area contributed by atoms with Crippen molar-refractivity contribution in [2.45, 2.75) is 18.7 Å². The number of urea groups is 1. The molecule has 0 aliphatic carbocycles. The lowest BCUT2D eigenvalue weighted by Gasteiger charge is -2.26. The summed E-state index contributed by atoms with van der Waals surface area (Å²) in [6.45, 7) is 3.72. The SMILES string of the molecule is CCOc1cc(/C=C2\C(=O)NC(=O)N(c3ccc(O)cc3)C2=O)cc(I)c1OS(=O)(=O)c1ccc(C)cc1. The number of carbonyl (C=O) groups excluding carboxylic acids is 3. The zero-order valence-electron chi connectivity index (χ0n) is 20.1. The van der Waals surface area contributed by atoms with Gasteiger partial charge in [-0.3, -0.25) is 14.9 Å². The standard InChI is InChI=1S/C26H21IN2O8S/c1-3-36-22-14-16(13-21(27)23(22)37-38(34,35)19-10-4-15(2)5-11-19)12-20-24(31)28-26(33)29(25(20)32)17-6-8-18(30)9-7-17/h4-14,30H,3H2,1-2H3,(H,28,31,33)/b20-12+. The number of carbonyl (C=O) groups is 3. The van der Waals surface area contributed by atoms with Gasteiger partial charge in [0, 0.05) is 0 Å². The Balaban J connectivity index is 1.72. The fraction of sp³-hybridized carbons (Fsp3) is 0.115. The van der Waals surface area contributed by atoms with E-state index in [4.69, 9.17) is 8.92 Å². The number of ether oxygens (including phenoxy) is 1. The van der Waals surface area contributed by atoms with Crippen LogP contribution in [0, 0.1) is 10.5 Å². The highest BCUT2D eigenvalue weighted by Crippen LogP contribution is 2.37. The molecule has 12 heteroatoms. The molecule has 1 aliphatic rings. The van der Waals surface area contributed by atoms with Gasteiger partial charge in [0.25, 0.3) is 11.8 Å². The summed E-state index contributed by atoms with van der Waals surface area (Å²) in [5.41, 5.74) is 1.03. The van der Waals surface area contributed by atoms with E-state index in [2.05, 4.69) is 5.32 Å². The van der Waals surface area contributed by atoms with E-state index in [1.54, 1.807) is 19.1 Å².